The standard InChI is InChI=1S/C11H16N2O3/c1-11(13,10(12)14)7-4-5-8(15-2)9(6-7)16-3/h4-6H,13H2,1-3H3,(H2,12,14). The Hall–Kier alpha value is -1.75. The van der Waals surface area contributed by atoms with Gasteiger partial charge in [0.15, 0.2) is 11.5 Å². The van der Waals surface area contributed by atoms with Crippen LogP contribution in [0.2, 0.25) is 0 Å². The topological polar surface area (TPSA) is 87.6 Å². The number of hydrogen-bond acceptors (Lipinski definition) is 4. The molecule has 0 aliphatic carbocycles. The first kappa shape index (κ1) is 12.3. The van der Waals surface area contributed by atoms with Gasteiger partial charge in [-0.25, -0.2) is 0 Å². The maximum atomic E-state index is 11.2. The lowest BCUT2D eigenvalue weighted by molar-refractivity contribution is -0.122. The summed E-state index contributed by atoms with van der Waals surface area (Å²) in [4.78, 5) is 11.2. The second-order valence-electron chi connectivity index (χ2n) is 3.64. The fourth-order valence-corrected chi connectivity index (χ4v) is 1.30. The summed E-state index contributed by atoms with van der Waals surface area (Å²) in [7, 11) is 3.05. The van der Waals surface area contributed by atoms with Gasteiger partial charge in [-0.2, -0.15) is 0 Å². The van der Waals surface area contributed by atoms with Crippen LogP contribution in [0.4, 0.5) is 0 Å². The van der Waals surface area contributed by atoms with Gasteiger partial charge in [0.1, 0.15) is 5.54 Å². The van der Waals surface area contributed by atoms with E-state index in [0.29, 0.717) is 17.1 Å². The molecule has 0 fully saturated rings. The van der Waals surface area contributed by atoms with Crippen LogP contribution in [-0.4, -0.2) is 20.1 Å². The Labute approximate surface area is 94.3 Å². The highest BCUT2D eigenvalue weighted by Crippen LogP contribution is 2.31. The van der Waals surface area contributed by atoms with E-state index in [1.807, 2.05) is 0 Å². The molecular weight excluding hydrogens is 208 g/mol. The average molecular weight is 224 g/mol. The van der Waals surface area contributed by atoms with E-state index in [4.69, 9.17) is 20.9 Å². The van der Waals surface area contributed by atoms with Gasteiger partial charge in [0, 0.05) is 0 Å². The predicted octanol–water partition coefficient (Wildman–Crippen LogP) is 0.363. The summed E-state index contributed by atoms with van der Waals surface area (Å²) in [6, 6.07) is 5.01. The van der Waals surface area contributed by atoms with Crippen molar-refractivity contribution in [3.8, 4) is 11.5 Å². The van der Waals surface area contributed by atoms with Crippen LogP contribution in [0.15, 0.2) is 18.2 Å². The molecule has 0 saturated carbocycles. The third-order valence-electron chi connectivity index (χ3n) is 2.50. The van der Waals surface area contributed by atoms with Gasteiger partial charge in [-0.15, -0.1) is 0 Å². The molecule has 88 valence electrons. The van der Waals surface area contributed by atoms with Gasteiger partial charge in [-0.05, 0) is 24.6 Å². The van der Waals surface area contributed by atoms with E-state index in [1.54, 1.807) is 25.1 Å². The minimum Gasteiger partial charge on any atom is -0.493 e. The fraction of sp³-hybridized carbons (Fsp3) is 0.364. The highest BCUT2D eigenvalue weighted by molar-refractivity contribution is 5.85. The number of primary amides is 1. The fourth-order valence-electron chi connectivity index (χ4n) is 1.30. The number of hydrogen-bond donors (Lipinski definition) is 2. The summed E-state index contributed by atoms with van der Waals surface area (Å²) < 4.78 is 10.2. The zero-order valence-electron chi connectivity index (χ0n) is 9.61. The van der Waals surface area contributed by atoms with E-state index in [-0.39, 0.29) is 0 Å². The summed E-state index contributed by atoms with van der Waals surface area (Å²) in [5.74, 6) is 0.490. The van der Waals surface area contributed by atoms with Crippen LogP contribution in [0.1, 0.15) is 12.5 Å². The highest BCUT2D eigenvalue weighted by Gasteiger charge is 2.28. The summed E-state index contributed by atoms with van der Waals surface area (Å²) in [5.41, 5.74) is 10.4. The van der Waals surface area contributed by atoms with E-state index in [2.05, 4.69) is 0 Å². The smallest absolute Gasteiger partial charge is 0.241 e. The summed E-state index contributed by atoms with van der Waals surface area (Å²) >= 11 is 0. The van der Waals surface area contributed by atoms with Crippen LogP contribution in [0.5, 0.6) is 11.5 Å². The summed E-state index contributed by atoms with van der Waals surface area (Å²) in [5, 5.41) is 0. The lowest BCUT2D eigenvalue weighted by Gasteiger charge is -2.22. The predicted molar refractivity (Wildman–Crippen MR) is 60.3 cm³/mol. The highest BCUT2D eigenvalue weighted by atomic mass is 16.5. The molecule has 5 heteroatoms. The zero-order valence-corrected chi connectivity index (χ0v) is 9.61. The Bertz CT molecular complexity index is 402. The quantitative estimate of drug-likeness (QED) is 0.773. The van der Waals surface area contributed by atoms with E-state index in [1.165, 1.54) is 14.2 Å². The minimum absolute atomic E-state index is 0.512. The molecular formula is C11H16N2O3. The van der Waals surface area contributed by atoms with Crippen LogP contribution >= 0.6 is 0 Å². The Morgan fingerprint density at radius 2 is 1.81 bits per heavy atom. The third-order valence-corrected chi connectivity index (χ3v) is 2.50. The third kappa shape index (κ3) is 2.09. The zero-order chi connectivity index (χ0) is 12.3. The molecule has 1 atom stereocenters. The van der Waals surface area contributed by atoms with Crippen LogP contribution in [0, 0.1) is 0 Å². The Kier molecular flexibility index (Phi) is 3.39. The molecule has 5 nitrogen and oxygen atoms in total. The summed E-state index contributed by atoms with van der Waals surface area (Å²) in [6.07, 6.45) is 0. The first-order valence-corrected chi connectivity index (χ1v) is 4.74. The molecule has 0 bridgehead atoms. The normalized spacial score (nSPS) is 14.0. The lowest BCUT2D eigenvalue weighted by Crippen LogP contribution is -2.46. The SMILES string of the molecule is COc1ccc(C(C)(N)C(N)=O)cc1OC. The first-order chi connectivity index (χ1) is 7.43. The number of carbonyl (C=O) groups is 1. The molecule has 0 aromatic heterocycles. The van der Waals surface area contributed by atoms with Gasteiger partial charge in [-0.3, -0.25) is 4.79 Å². The maximum Gasteiger partial charge on any atom is 0.241 e. The van der Waals surface area contributed by atoms with E-state index >= 15 is 0 Å². The molecule has 1 rings (SSSR count). The van der Waals surface area contributed by atoms with Gasteiger partial charge < -0.3 is 20.9 Å². The lowest BCUT2D eigenvalue weighted by atomic mass is 9.92. The van der Waals surface area contributed by atoms with Gasteiger partial charge >= 0.3 is 0 Å². The van der Waals surface area contributed by atoms with Crippen molar-refractivity contribution in [3.05, 3.63) is 23.8 Å². The number of nitrogens with two attached hydrogens (primary N) is 2. The van der Waals surface area contributed by atoms with E-state index in [0.717, 1.165) is 0 Å². The van der Waals surface area contributed by atoms with Crippen molar-refractivity contribution in [2.75, 3.05) is 14.2 Å². The molecule has 1 amide bonds. The van der Waals surface area contributed by atoms with Gasteiger partial charge in [0.05, 0.1) is 14.2 Å². The number of methoxy groups -OCH3 is 2. The molecule has 0 aliphatic rings. The Balaban J connectivity index is 3.23. The van der Waals surface area contributed by atoms with Crippen molar-refractivity contribution >= 4 is 5.91 Å². The van der Waals surface area contributed by atoms with Crippen LogP contribution < -0.4 is 20.9 Å². The number of ether oxygens (including phenoxy) is 2. The molecule has 16 heavy (non-hydrogen) atoms. The minimum atomic E-state index is -1.22. The monoisotopic (exact) mass is 224 g/mol. The molecule has 0 spiro atoms. The molecule has 1 aromatic carbocycles. The molecule has 4 N–H and O–H groups in total. The van der Waals surface area contributed by atoms with Crippen LogP contribution in [0.3, 0.4) is 0 Å². The first-order valence-electron chi connectivity index (χ1n) is 4.74. The molecule has 0 heterocycles. The number of amides is 1. The van der Waals surface area contributed by atoms with Crippen molar-refractivity contribution in [1.82, 2.24) is 0 Å². The molecule has 0 aliphatic heterocycles. The van der Waals surface area contributed by atoms with Crippen molar-refractivity contribution in [2.45, 2.75) is 12.5 Å². The number of rotatable bonds is 4. The summed E-state index contributed by atoms with van der Waals surface area (Å²) in [6.45, 7) is 1.55. The molecule has 1 aromatic rings. The van der Waals surface area contributed by atoms with E-state index < -0.39 is 11.4 Å². The van der Waals surface area contributed by atoms with Gasteiger partial charge in [-0.1, -0.05) is 6.07 Å². The molecule has 0 radical (unpaired) electrons. The van der Waals surface area contributed by atoms with Crippen molar-refractivity contribution in [3.63, 3.8) is 0 Å². The molecule has 1 unspecified atom stereocenters. The largest absolute Gasteiger partial charge is 0.493 e. The van der Waals surface area contributed by atoms with E-state index in [9.17, 15) is 4.79 Å². The van der Waals surface area contributed by atoms with Crippen LogP contribution in [-0.2, 0) is 10.3 Å². The Morgan fingerprint density at radius 3 is 2.25 bits per heavy atom. The second kappa shape index (κ2) is 4.40. The number of carbonyl (C=O) groups excluding carboxylic acids is 1. The Morgan fingerprint density at radius 1 is 1.25 bits per heavy atom. The average Bonchev–Trinajstić information content (AvgIpc) is 2.27. The van der Waals surface area contributed by atoms with Crippen molar-refractivity contribution < 1.29 is 14.3 Å². The van der Waals surface area contributed by atoms with Crippen molar-refractivity contribution in [1.29, 1.82) is 0 Å². The van der Waals surface area contributed by atoms with Gasteiger partial charge in [0.25, 0.3) is 0 Å². The van der Waals surface area contributed by atoms with Gasteiger partial charge in [0.2, 0.25) is 5.91 Å². The maximum absolute atomic E-state index is 11.2. The number of benzene rings is 1. The van der Waals surface area contributed by atoms with Crippen LogP contribution in [0.25, 0.3) is 0 Å². The van der Waals surface area contributed by atoms with Crippen molar-refractivity contribution in [2.24, 2.45) is 11.5 Å². The molecule has 0 saturated heterocycles. The second-order valence-corrected chi connectivity index (χ2v) is 3.64.